The van der Waals surface area contributed by atoms with Gasteiger partial charge in [0.15, 0.2) is 0 Å². The molecule has 1 atom stereocenters. The van der Waals surface area contributed by atoms with E-state index >= 15 is 0 Å². The molecule has 1 amide bonds. The molecule has 0 spiro atoms. The first-order valence-corrected chi connectivity index (χ1v) is 8.65. The van der Waals surface area contributed by atoms with Gasteiger partial charge in [0, 0.05) is 6.42 Å². The first-order valence-electron chi connectivity index (χ1n) is 8.65. The fraction of sp³-hybridized carbons (Fsp3) is 0.190. The molecule has 2 aliphatic heterocycles. The molecule has 27 heavy (non-hydrogen) atoms. The lowest BCUT2D eigenvalue weighted by Crippen LogP contribution is -2.23. The van der Waals surface area contributed by atoms with Crippen LogP contribution >= 0.6 is 0 Å². The van der Waals surface area contributed by atoms with Crippen LogP contribution in [0.5, 0.6) is 5.75 Å². The first kappa shape index (κ1) is 17.0. The van der Waals surface area contributed by atoms with Crippen LogP contribution in [0.3, 0.4) is 0 Å². The molecule has 0 saturated carbocycles. The largest absolute Gasteiger partial charge is 0.545 e. The summed E-state index contributed by atoms with van der Waals surface area (Å²) < 4.78 is 5.71. The molecule has 0 fully saturated rings. The minimum atomic E-state index is -1.26. The van der Waals surface area contributed by atoms with Crippen LogP contribution < -0.4 is 14.9 Å². The third-order valence-corrected chi connectivity index (χ3v) is 4.64. The van der Waals surface area contributed by atoms with Gasteiger partial charge >= 0.3 is 0 Å². The molecule has 0 unspecified atom stereocenters. The third-order valence-electron chi connectivity index (χ3n) is 4.64. The van der Waals surface area contributed by atoms with Crippen molar-refractivity contribution in [2.75, 3.05) is 5.01 Å². The average molecular weight is 361 g/mol. The van der Waals surface area contributed by atoms with E-state index in [9.17, 15) is 14.7 Å². The van der Waals surface area contributed by atoms with Crippen LogP contribution in [0.1, 0.15) is 35.3 Å². The van der Waals surface area contributed by atoms with Crippen molar-refractivity contribution >= 4 is 29.4 Å². The van der Waals surface area contributed by atoms with Crippen molar-refractivity contribution in [1.82, 2.24) is 0 Å². The maximum Gasteiger partial charge on any atom is 0.280 e. The van der Waals surface area contributed by atoms with Crippen molar-refractivity contribution < 1.29 is 19.4 Å². The Balaban J connectivity index is 1.61. The monoisotopic (exact) mass is 361 g/mol. The van der Waals surface area contributed by atoms with E-state index in [2.05, 4.69) is 5.10 Å². The molecule has 4 rings (SSSR count). The summed E-state index contributed by atoms with van der Waals surface area (Å²) in [5.41, 5.74) is 3.71. The number of hydrazone groups is 1. The van der Waals surface area contributed by atoms with E-state index in [0.29, 0.717) is 17.0 Å². The van der Waals surface area contributed by atoms with Crippen LogP contribution in [0.4, 0.5) is 5.69 Å². The molecule has 2 aromatic carbocycles. The molecule has 0 aromatic heterocycles. The average Bonchev–Trinajstić information content (AvgIpc) is 3.15. The van der Waals surface area contributed by atoms with Crippen LogP contribution in [0.2, 0.25) is 0 Å². The lowest BCUT2D eigenvalue weighted by Gasteiger charge is -2.12. The van der Waals surface area contributed by atoms with Gasteiger partial charge in [0.25, 0.3) is 5.91 Å². The highest BCUT2D eigenvalue weighted by Gasteiger charge is 2.29. The zero-order valence-corrected chi connectivity index (χ0v) is 14.9. The molecule has 2 heterocycles. The highest BCUT2D eigenvalue weighted by atomic mass is 16.5. The molecule has 6 nitrogen and oxygen atoms in total. The van der Waals surface area contributed by atoms with Crippen LogP contribution in [0, 0.1) is 0 Å². The van der Waals surface area contributed by atoms with E-state index in [1.807, 2.05) is 31.2 Å². The number of hydrogen-bond donors (Lipinski definition) is 0. The van der Waals surface area contributed by atoms with Crippen molar-refractivity contribution in [3.05, 3.63) is 64.7 Å². The number of benzene rings is 2. The molecular formula is C21H17N2O4-. The molecule has 2 aliphatic rings. The number of carbonyl (C=O) groups is 2. The Morgan fingerprint density at radius 3 is 2.70 bits per heavy atom. The lowest BCUT2D eigenvalue weighted by atomic mass is 10.0. The number of fused-ring (bicyclic) bond motifs is 1. The van der Waals surface area contributed by atoms with Crippen molar-refractivity contribution in [2.24, 2.45) is 5.10 Å². The van der Waals surface area contributed by atoms with E-state index in [4.69, 9.17) is 4.74 Å². The summed E-state index contributed by atoms with van der Waals surface area (Å²) in [5.74, 6) is -0.620. The number of amides is 1. The fourth-order valence-electron chi connectivity index (χ4n) is 3.30. The minimum Gasteiger partial charge on any atom is -0.545 e. The topological polar surface area (TPSA) is 82.0 Å². The normalized spacial score (nSPS) is 19.9. The van der Waals surface area contributed by atoms with Gasteiger partial charge in [0.05, 0.1) is 22.9 Å². The Hall–Kier alpha value is -3.41. The molecule has 6 heteroatoms. The van der Waals surface area contributed by atoms with Gasteiger partial charge in [-0.15, -0.1) is 0 Å². The Kier molecular flexibility index (Phi) is 4.03. The zero-order valence-electron chi connectivity index (χ0n) is 14.9. The number of rotatable bonds is 3. The SMILES string of the molecule is CC1=NN(c2ccc(C(=O)[O-])cc2)C(=O)/C1=C\c1ccc2c(c1)C[C@@H](C)O2. The number of anilines is 1. The number of carbonyl (C=O) groups excluding carboxylic acids is 2. The number of carboxylic acid groups (broad SMARTS) is 1. The van der Waals surface area contributed by atoms with Crippen molar-refractivity contribution in [1.29, 1.82) is 0 Å². The van der Waals surface area contributed by atoms with Gasteiger partial charge in [0.1, 0.15) is 11.9 Å². The Labute approximate surface area is 156 Å². The third kappa shape index (κ3) is 3.10. The molecule has 136 valence electrons. The highest BCUT2D eigenvalue weighted by Crippen LogP contribution is 2.31. The second-order valence-corrected chi connectivity index (χ2v) is 6.69. The summed E-state index contributed by atoms with van der Waals surface area (Å²) in [6.45, 7) is 3.80. The summed E-state index contributed by atoms with van der Waals surface area (Å²) in [6.07, 6.45) is 2.84. The molecule has 0 bridgehead atoms. The van der Waals surface area contributed by atoms with E-state index in [1.54, 1.807) is 6.92 Å². The van der Waals surface area contributed by atoms with Gasteiger partial charge in [-0.2, -0.15) is 10.1 Å². The number of carboxylic acids is 1. The molecule has 0 aliphatic carbocycles. The zero-order chi connectivity index (χ0) is 19.1. The summed E-state index contributed by atoms with van der Waals surface area (Å²) in [5, 5.41) is 16.5. The number of nitrogens with zero attached hydrogens (tertiary/aromatic N) is 2. The van der Waals surface area contributed by atoms with Crippen molar-refractivity contribution in [3.8, 4) is 5.75 Å². The van der Waals surface area contributed by atoms with Gasteiger partial charge < -0.3 is 14.6 Å². The van der Waals surface area contributed by atoms with Crippen LogP contribution in [0.15, 0.2) is 53.1 Å². The van der Waals surface area contributed by atoms with E-state index in [1.165, 1.54) is 29.3 Å². The predicted octanol–water partition coefficient (Wildman–Crippen LogP) is 2.18. The summed E-state index contributed by atoms with van der Waals surface area (Å²) in [7, 11) is 0. The maximum absolute atomic E-state index is 12.8. The predicted molar refractivity (Wildman–Crippen MR) is 99.6 cm³/mol. The Morgan fingerprint density at radius 1 is 1.26 bits per heavy atom. The number of ether oxygens (including phenoxy) is 1. The smallest absolute Gasteiger partial charge is 0.280 e. The van der Waals surface area contributed by atoms with Crippen LogP contribution in [-0.2, 0) is 11.2 Å². The summed E-state index contributed by atoms with van der Waals surface area (Å²) in [4.78, 5) is 23.7. The highest BCUT2D eigenvalue weighted by molar-refractivity contribution is 6.32. The quantitative estimate of drug-likeness (QED) is 0.785. The number of aromatic carboxylic acids is 1. The molecule has 0 N–H and O–H groups in total. The van der Waals surface area contributed by atoms with Gasteiger partial charge in [-0.25, -0.2) is 0 Å². The minimum absolute atomic E-state index is 0.0523. The molecule has 2 aromatic rings. The summed E-state index contributed by atoms with van der Waals surface area (Å²) in [6, 6.07) is 11.7. The van der Waals surface area contributed by atoms with Gasteiger partial charge in [-0.1, -0.05) is 18.2 Å². The van der Waals surface area contributed by atoms with Crippen LogP contribution in [0.25, 0.3) is 6.08 Å². The Bertz CT molecular complexity index is 1010. The van der Waals surface area contributed by atoms with Gasteiger partial charge in [0.2, 0.25) is 0 Å². The van der Waals surface area contributed by atoms with E-state index in [-0.39, 0.29) is 17.6 Å². The maximum atomic E-state index is 12.8. The van der Waals surface area contributed by atoms with E-state index < -0.39 is 5.97 Å². The molecule has 0 saturated heterocycles. The number of hydrogen-bond acceptors (Lipinski definition) is 5. The van der Waals surface area contributed by atoms with Gasteiger partial charge in [-0.05, 0) is 60.9 Å². The molecular weight excluding hydrogens is 344 g/mol. The first-order chi connectivity index (χ1) is 12.9. The lowest BCUT2D eigenvalue weighted by molar-refractivity contribution is -0.255. The molecule has 0 radical (unpaired) electrons. The Morgan fingerprint density at radius 2 is 2.00 bits per heavy atom. The summed E-state index contributed by atoms with van der Waals surface area (Å²) >= 11 is 0. The van der Waals surface area contributed by atoms with E-state index in [0.717, 1.165) is 23.3 Å². The van der Waals surface area contributed by atoms with Crippen molar-refractivity contribution in [3.63, 3.8) is 0 Å². The second-order valence-electron chi connectivity index (χ2n) is 6.69. The van der Waals surface area contributed by atoms with Crippen molar-refractivity contribution in [2.45, 2.75) is 26.4 Å². The van der Waals surface area contributed by atoms with Crippen LogP contribution in [-0.4, -0.2) is 23.7 Å². The fourth-order valence-corrected chi connectivity index (χ4v) is 3.30. The standard InChI is InChI=1S/C21H18N2O4/c1-12-9-16-10-14(3-8-19(16)27-12)11-18-13(2)22-23(20(18)24)17-6-4-15(5-7-17)21(25)26/h3-8,10-12H,9H2,1-2H3,(H,25,26)/p-1/b18-11-/t12-/m1/s1. The van der Waals surface area contributed by atoms with Gasteiger partial charge in [-0.3, -0.25) is 4.79 Å². The second kappa shape index (κ2) is 6.39.